The van der Waals surface area contributed by atoms with Crippen LogP contribution in [0.1, 0.15) is 11.1 Å². The third-order valence-corrected chi connectivity index (χ3v) is 4.30. The van der Waals surface area contributed by atoms with E-state index in [0.717, 1.165) is 23.1 Å². The number of hydrogen-bond donors (Lipinski definition) is 2. The quantitative estimate of drug-likeness (QED) is 0.485. The fourth-order valence-electron chi connectivity index (χ4n) is 3.07. The van der Waals surface area contributed by atoms with Gasteiger partial charge in [0, 0.05) is 29.2 Å². The molecule has 3 N–H and O–H groups in total. The van der Waals surface area contributed by atoms with E-state index < -0.39 is 11.7 Å². The number of nitrogens with one attached hydrogen (secondary N) is 1. The Morgan fingerprint density at radius 1 is 1.00 bits per heavy atom. The number of rotatable bonds is 3. The van der Waals surface area contributed by atoms with Crippen molar-refractivity contribution in [3.8, 4) is 5.82 Å². The van der Waals surface area contributed by atoms with E-state index in [1.165, 1.54) is 6.07 Å². The molecule has 8 heteroatoms. The molecule has 2 aromatic heterocycles. The van der Waals surface area contributed by atoms with Crippen molar-refractivity contribution >= 4 is 28.2 Å². The Kier molecular flexibility index (Phi) is 4.18. The van der Waals surface area contributed by atoms with Crippen LogP contribution in [0, 0.1) is 6.92 Å². The van der Waals surface area contributed by atoms with Gasteiger partial charge < -0.3 is 15.6 Å². The zero-order valence-corrected chi connectivity index (χ0v) is 14.8. The molecule has 0 bridgehead atoms. The second kappa shape index (κ2) is 6.56. The Balaban J connectivity index is 1.84. The number of halogens is 3. The molecular formula is C20H16F3N5. The second-order valence-electron chi connectivity index (χ2n) is 6.40. The summed E-state index contributed by atoms with van der Waals surface area (Å²) in [5, 5.41) is 3.72. The van der Waals surface area contributed by atoms with Crippen molar-refractivity contribution in [2.24, 2.45) is 0 Å². The summed E-state index contributed by atoms with van der Waals surface area (Å²) in [6.45, 7) is 1.96. The van der Waals surface area contributed by atoms with Crippen molar-refractivity contribution in [1.82, 2.24) is 14.5 Å². The largest absolute Gasteiger partial charge is 0.416 e. The Bertz CT molecular complexity index is 1150. The molecule has 2 aromatic carbocycles. The topological polar surface area (TPSA) is 68.8 Å². The highest BCUT2D eigenvalue weighted by molar-refractivity contribution is 5.89. The van der Waals surface area contributed by atoms with Crippen LogP contribution in [0.3, 0.4) is 0 Å². The van der Waals surface area contributed by atoms with Crippen molar-refractivity contribution in [3.63, 3.8) is 0 Å². The lowest BCUT2D eigenvalue weighted by molar-refractivity contribution is -0.137. The highest BCUT2D eigenvalue weighted by Gasteiger charge is 2.31. The molecule has 0 saturated carbocycles. The minimum absolute atomic E-state index is 0.000378. The van der Waals surface area contributed by atoms with Gasteiger partial charge in [-0.25, -0.2) is 4.98 Å². The van der Waals surface area contributed by atoms with E-state index in [4.69, 9.17) is 5.73 Å². The molecule has 0 aliphatic heterocycles. The average Bonchev–Trinajstić information content (AvgIpc) is 3.14. The van der Waals surface area contributed by atoms with Crippen LogP contribution in [0.4, 0.5) is 30.5 Å². The van der Waals surface area contributed by atoms with Gasteiger partial charge in [-0.1, -0.05) is 12.1 Å². The van der Waals surface area contributed by atoms with Crippen molar-refractivity contribution in [2.75, 3.05) is 11.1 Å². The van der Waals surface area contributed by atoms with Gasteiger partial charge in [0.15, 0.2) is 0 Å². The minimum Gasteiger partial charge on any atom is -0.399 e. The summed E-state index contributed by atoms with van der Waals surface area (Å²) in [5.74, 6) is 0.816. The van der Waals surface area contributed by atoms with Crippen LogP contribution in [-0.4, -0.2) is 14.5 Å². The smallest absolute Gasteiger partial charge is 0.399 e. The molecule has 5 nitrogen and oxygen atoms in total. The first-order valence-corrected chi connectivity index (χ1v) is 8.47. The molecule has 2 heterocycles. The molecular weight excluding hydrogens is 367 g/mol. The van der Waals surface area contributed by atoms with Gasteiger partial charge in [-0.05, 0) is 48.9 Å². The van der Waals surface area contributed by atoms with Crippen molar-refractivity contribution in [3.05, 3.63) is 72.1 Å². The van der Waals surface area contributed by atoms with Crippen LogP contribution < -0.4 is 11.1 Å². The number of aryl methyl sites for hydroxylation is 1. The summed E-state index contributed by atoms with van der Waals surface area (Å²) in [6.07, 6.45) is -0.802. The van der Waals surface area contributed by atoms with Crippen LogP contribution in [-0.2, 0) is 6.18 Å². The van der Waals surface area contributed by atoms with Crippen LogP contribution >= 0.6 is 0 Å². The van der Waals surface area contributed by atoms with Gasteiger partial charge in [0.1, 0.15) is 5.82 Å². The maximum atomic E-state index is 13.1. The number of aromatic nitrogens is 3. The summed E-state index contributed by atoms with van der Waals surface area (Å²) in [6, 6.07) is 12.7. The summed E-state index contributed by atoms with van der Waals surface area (Å²) < 4.78 is 41.1. The predicted molar refractivity (Wildman–Crippen MR) is 103 cm³/mol. The molecule has 0 radical (unpaired) electrons. The van der Waals surface area contributed by atoms with E-state index in [9.17, 15) is 13.2 Å². The van der Waals surface area contributed by atoms with Crippen LogP contribution in [0.25, 0.3) is 16.7 Å². The number of nitrogens with zero attached hydrogens (tertiary/aromatic N) is 3. The van der Waals surface area contributed by atoms with E-state index >= 15 is 0 Å². The molecule has 4 rings (SSSR count). The highest BCUT2D eigenvalue weighted by Crippen LogP contribution is 2.33. The molecule has 0 fully saturated rings. The number of fused-ring (bicyclic) bond motifs is 1. The molecule has 0 aliphatic rings. The third-order valence-electron chi connectivity index (χ3n) is 4.30. The van der Waals surface area contributed by atoms with Crippen LogP contribution in [0.15, 0.2) is 60.9 Å². The van der Waals surface area contributed by atoms with Gasteiger partial charge in [-0.3, -0.25) is 0 Å². The van der Waals surface area contributed by atoms with Gasteiger partial charge in [0.25, 0.3) is 0 Å². The number of nitrogen functional groups attached to an aromatic ring is 1. The van der Waals surface area contributed by atoms with Gasteiger partial charge in [0.2, 0.25) is 5.95 Å². The zero-order chi connectivity index (χ0) is 19.9. The molecule has 142 valence electrons. The zero-order valence-electron chi connectivity index (χ0n) is 14.8. The minimum atomic E-state index is -4.50. The summed E-state index contributed by atoms with van der Waals surface area (Å²) in [7, 11) is 0. The molecule has 4 aromatic rings. The number of nitrogens with two attached hydrogens (primary N) is 1. The van der Waals surface area contributed by atoms with E-state index in [1.54, 1.807) is 0 Å². The maximum absolute atomic E-state index is 13.1. The van der Waals surface area contributed by atoms with Crippen molar-refractivity contribution in [1.29, 1.82) is 0 Å². The normalized spacial score (nSPS) is 11.7. The first-order valence-electron chi connectivity index (χ1n) is 8.47. The summed E-state index contributed by atoms with van der Waals surface area (Å²) >= 11 is 0. The number of hydrogen-bond acceptors (Lipinski definition) is 4. The standard InChI is InChI=1S/C20H16F3N5/c1-12-5-4-6-16-17(12)18(28-7-2-3-8-28)27-19(26-16)25-15-10-13(20(21,22)23)9-14(24)11-15/h2-11H,24H2,1H3,(H,25,26,27). The Morgan fingerprint density at radius 2 is 1.75 bits per heavy atom. The molecule has 0 aliphatic carbocycles. The van der Waals surface area contributed by atoms with Gasteiger partial charge >= 0.3 is 6.18 Å². The molecule has 28 heavy (non-hydrogen) atoms. The van der Waals surface area contributed by atoms with Crippen molar-refractivity contribution in [2.45, 2.75) is 13.1 Å². The monoisotopic (exact) mass is 383 g/mol. The van der Waals surface area contributed by atoms with Gasteiger partial charge in [-0.15, -0.1) is 0 Å². The van der Waals surface area contributed by atoms with Gasteiger partial charge in [0.05, 0.1) is 11.1 Å². The van der Waals surface area contributed by atoms with Gasteiger partial charge in [-0.2, -0.15) is 18.2 Å². The number of alkyl halides is 3. The lowest BCUT2D eigenvalue weighted by Crippen LogP contribution is -2.08. The number of benzene rings is 2. The Morgan fingerprint density at radius 3 is 2.46 bits per heavy atom. The summed E-state index contributed by atoms with van der Waals surface area (Å²) in [4.78, 5) is 9.01. The average molecular weight is 383 g/mol. The fraction of sp³-hybridized carbons (Fsp3) is 0.100. The maximum Gasteiger partial charge on any atom is 0.416 e. The second-order valence-corrected chi connectivity index (χ2v) is 6.40. The predicted octanol–water partition coefficient (Wildman–Crippen LogP) is 5.07. The van der Waals surface area contributed by atoms with Crippen LogP contribution in [0.2, 0.25) is 0 Å². The van der Waals surface area contributed by atoms with E-state index in [2.05, 4.69) is 15.3 Å². The fourth-order valence-corrected chi connectivity index (χ4v) is 3.07. The van der Waals surface area contributed by atoms with Crippen LogP contribution in [0.5, 0.6) is 0 Å². The molecule has 0 amide bonds. The molecule has 0 saturated heterocycles. The van der Waals surface area contributed by atoms with Crippen molar-refractivity contribution < 1.29 is 13.2 Å². The first-order chi connectivity index (χ1) is 13.3. The SMILES string of the molecule is Cc1cccc2nc(Nc3cc(N)cc(C(F)(F)F)c3)nc(-n3cccc3)c12. The molecule has 0 unspecified atom stereocenters. The highest BCUT2D eigenvalue weighted by atomic mass is 19.4. The van der Waals surface area contributed by atoms with E-state index in [1.807, 2.05) is 54.2 Å². The summed E-state index contributed by atoms with van der Waals surface area (Å²) in [5.41, 5.74) is 6.65. The molecule has 0 atom stereocenters. The Labute approximate surface area is 158 Å². The molecule has 0 spiro atoms. The lowest BCUT2D eigenvalue weighted by Gasteiger charge is -2.14. The Hall–Kier alpha value is -3.55. The number of anilines is 3. The van der Waals surface area contributed by atoms with E-state index in [0.29, 0.717) is 11.3 Å². The third kappa shape index (κ3) is 3.36. The lowest BCUT2D eigenvalue weighted by atomic mass is 10.1. The first kappa shape index (κ1) is 17.8. The van der Waals surface area contributed by atoms with E-state index in [-0.39, 0.29) is 17.3 Å².